The Bertz CT molecular complexity index is 379. The fourth-order valence-corrected chi connectivity index (χ4v) is 1.85. The zero-order valence-electron chi connectivity index (χ0n) is 9.89. The quantitative estimate of drug-likeness (QED) is 0.592. The van der Waals surface area contributed by atoms with Crippen LogP contribution in [0.25, 0.3) is 0 Å². The van der Waals surface area contributed by atoms with Crippen LogP contribution in [0.15, 0.2) is 18.2 Å². The van der Waals surface area contributed by atoms with E-state index in [2.05, 4.69) is 11.2 Å². The van der Waals surface area contributed by atoms with E-state index in [1.807, 2.05) is 20.0 Å². The van der Waals surface area contributed by atoms with Crippen molar-refractivity contribution in [3.63, 3.8) is 0 Å². The lowest BCUT2D eigenvalue weighted by molar-refractivity contribution is 0.524. The average Bonchev–Trinajstić information content (AvgIpc) is 2.28. The Morgan fingerprint density at radius 1 is 1.50 bits per heavy atom. The van der Waals surface area contributed by atoms with Gasteiger partial charge in [0.25, 0.3) is 0 Å². The minimum absolute atomic E-state index is 0.183. The molecule has 0 aliphatic carbocycles. The molecule has 1 N–H and O–H groups in total. The summed E-state index contributed by atoms with van der Waals surface area (Å²) in [4.78, 5) is 0. The number of nitrogens with one attached hydrogen (secondary N) is 1. The molecule has 1 aromatic carbocycles. The molecule has 0 aliphatic rings. The summed E-state index contributed by atoms with van der Waals surface area (Å²) in [5.74, 6) is 2.44. The van der Waals surface area contributed by atoms with Gasteiger partial charge in [-0.25, -0.2) is 4.39 Å². The van der Waals surface area contributed by atoms with Gasteiger partial charge in [-0.2, -0.15) is 0 Å². The van der Waals surface area contributed by atoms with Gasteiger partial charge in [0.2, 0.25) is 0 Å². The van der Waals surface area contributed by atoms with Crippen LogP contribution in [0.3, 0.4) is 0 Å². The molecular weight excluding hydrogens is 201 g/mol. The number of aryl methyl sites for hydroxylation is 1. The van der Waals surface area contributed by atoms with Crippen LogP contribution in [0.2, 0.25) is 0 Å². The first-order valence-electron chi connectivity index (χ1n) is 5.55. The van der Waals surface area contributed by atoms with Gasteiger partial charge in [0, 0.05) is 12.5 Å². The fourth-order valence-electron chi connectivity index (χ4n) is 1.85. The second-order valence-electron chi connectivity index (χ2n) is 3.94. The van der Waals surface area contributed by atoms with Crippen molar-refractivity contribution in [3.05, 3.63) is 35.1 Å². The van der Waals surface area contributed by atoms with E-state index in [-0.39, 0.29) is 11.9 Å². The van der Waals surface area contributed by atoms with Crippen molar-refractivity contribution in [2.45, 2.75) is 32.2 Å². The van der Waals surface area contributed by atoms with Gasteiger partial charge in [-0.05, 0) is 50.1 Å². The third-order valence-electron chi connectivity index (χ3n) is 2.78. The molecule has 16 heavy (non-hydrogen) atoms. The molecule has 0 saturated carbocycles. The largest absolute Gasteiger partial charge is 0.313 e. The second kappa shape index (κ2) is 6.30. The molecule has 0 radical (unpaired) electrons. The van der Waals surface area contributed by atoms with Crippen molar-refractivity contribution < 1.29 is 4.39 Å². The van der Waals surface area contributed by atoms with E-state index in [0.717, 1.165) is 30.4 Å². The second-order valence-corrected chi connectivity index (χ2v) is 3.94. The van der Waals surface area contributed by atoms with Crippen molar-refractivity contribution in [2.75, 3.05) is 7.05 Å². The third kappa shape index (κ3) is 3.36. The summed E-state index contributed by atoms with van der Waals surface area (Å²) in [5, 5.41) is 3.21. The van der Waals surface area contributed by atoms with Gasteiger partial charge in [0.15, 0.2) is 0 Å². The molecule has 0 aliphatic heterocycles. The Kier molecular flexibility index (Phi) is 5.01. The van der Waals surface area contributed by atoms with Gasteiger partial charge in [0.05, 0.1) is 0 Å². The van der Waals surface area contributed by atoms with Crippen LogP contribution in [-0.4, -0.2) is 7.05 Å². The summed E-state index contributed by atoms with van der Waals surface area (Å²) in [7, 11) is 1.89. The van der Waals surface area contributed by atoms with E-state index >= 15 is 0 Å². The summed E-state index contributed by atoms with van der Waals surface area (Å²) in [5.41, 5.74) is 2.14. The predicted octanol–water partition coefficient (Wildman–Crippen LogP) is 3.20. The molecule has 1 nitrogen and oxygen atoms in total. The Balaban J connectivity index is 2.78. The van der Waals surface area contributed by atoms with Crippen LogP contribution in [0.5, 0.6) is 0 Å². The molecule has 0 bridgehead atoms. The highest BCUT2D eigenvalue weighted by atomic mass is 19.1. The fraction of sp³-hybridized carbons (Fsp3) is 0.429. The van der Waals surface area contributed by atoms with Crippen LogP contribution in [0, 0.1) is 25.1 Å². The van der Waals surface area contributed by atoms with Crippen LogP contribution in [0.4, 0.5) is 4.39 Å². The molecule has 86 valence electrons. The van der Waals surface area contributed by atoms with E-state index in [9.17, 15) is 4.39 Å². The molecule has 2 heteroatoms. The molecule has 1 unspecified atom stereocenters. The molecule has 0 amide bonds. The first-order valence-corrected chi connectivity index (χ1v) is 5.55. The van der Waals surface area contributed by atoms with E-state index in [1.54, 1.807) is 6.07 Å². The number of hydrogen-bond acceptors (Lipinski definition) is 1. The maximum atomic E-state index is 13.2. The first kappa shape index (κ1) is 12.7. The SMILES string of the molecule is C#CCCCC(NC)c1cc(F)ccc1C. The van der Waals surface area contributed by atoms with Crippen molar-refractivity contribution in [2.24, 2.45) is 0 Å². The van der Waals surface area contributed by atoms with E-state index < -0.39 is 0 Å². The Morgan fingerprint density at radius 3 is 2.88 bits per heavy atom. The van der Waals surface area contributed by atoms with Crippen LogP contribution in [-0.2, 0) is 0 Å². The third-order valence-corrected chi connectivity index (χ3v) is 2.78. The molecule has 1 rings (SSSR count). The highest BCUT2D eigenvalue weighted by molar-refractivity contribution is 5.29. The molecule has 1 atom stereocenters. The molecule has 1 aromatic rings. The Hall–Kier alpha value is -1.33. The normalized spacial score (nSPS) is 12.1. The van der Waals surface area contributed by atoms with E-state index in [1.165, 1.54) is 6.07 Å². The zero-order chi connectivity index (χ0) is 12.0. The van der Waals surface area contributed by atoms with Crippen molar-refractivity contribution in [1.29, 1.82) is 0 Å². The minimum atomic E-state index is -0.183. The molecule has 0 aromatic heterocycles. The van der Waals surface area contributed by atoms with Gasteiger partial charge in [-0.1, -0.05) is 6.07 Å². The standard InChI is InChI=1S/C14H18FN/c1-4-5-6-7-14(16-3)13-10-12(15)9-8-11(13)2/h1,8-10,14,16H,5-7H2,2-3H3. The lowest BCUT2D eigenvalue weighted by Gasteiger charge is -2.18. The monoisotopic (exact) mass is 219 g/mol. The van der Waals surface area contributed by atoms with Gasteiger partial charge >= 0.3 is 0 Å². The first-order chi connectivity index (χ1) is 7.69. The summed E-state index contributed by atoms with van der Waals surface area (Å²) >= 11 is 0. The van der Waals surface area contributed by atoms with Crippen molar-refractivity contribution >= 4 is 0 Å². The molecular formula is C14H18FN. The number of terminal acetylenes is 1. The predicted molar refractivity (Wildman–Crippen MR) is 65.6 cm³/mol. The Labute approximate surface area is 97.1 Å². The van der Waals surface area contributed by atoms with Crippen LogP contribution < -0.4 is 5.32 Å². The lowest BCUT2D eigenvalue weighted by atomic mass is 9.97. The highest BCUT2D eigenvalue weighted by Gasteiger charge is 2.11. The number of unbranched alkanes of at least 4 members (excludes halogenated alkanes) is 1. The number of halogens is 1. The highest BCUT2D eigenvalue weighted by Crippen LogP contribution is 2.23. The van der Waals surface area contributed by atoms with Gasteiger partial charge in [-0.3, -0.25) is 0 Å². The smallest absolute Gasteiger partial charge is 0.123 e. The molecule has 0 heterocycles. The summed E-state index contributed by atoms with van der Waals surface area (Å²) in [6.07, 6.45) is 7.88. The van der Waals surface area contributed by atoms with E-state index in [0.29, 0.717) is 0 Å². The summed E-state index contributed by atoms with van der Waals surface area (Å²) in [6.45, 7) is 2.00. The molecule has 0 saturated heterocycles. The minimum Gasteiger partial charge on any atom is -0.313 e. The number of hydrogen-bond donors (Lipinski definition) is 1. The summed E-state index contributed by atoms with van der Waals surface area (Å²) < 4.78 is 13.2. The number of rotatable bonds is 5. The molecule has 0 fully saturated rings. The van der Waals surface area contributed by atoms with Crippen molar-refractivity contribution in [3.8, 4) is 12.3 Å². The average molecular weight is 219 g/mol. The van der Waals surface area contributed by atoms with Gasteiger partial charge in [-0.15, -0.1) is 12.3 Å². The van der Waals surface area contributed by atoms with Crippen LogP contribution in [0.1, 0.15) is 36.4 Å². The zero-order valence-corrected chi connectivity index (χ0v) is 9.89. The molecule has 0 spiro atoms. The summed E-state index contributed by atoms with van der Waals surface area (Å²) in [6, 6.07) is 5.10. The number of benzene rings is 1. The topological polar surface area (TPSA) is 12.0 Å². The Morgan fingerprint density at radius 2 is 2.25 bits per heavy atom. The van der Waals surface area contributed by atoms with Gasteiger partial charge in [0.1, 0.15) is 5.82 Å². The van der Waals surface area contributed by atoms with Crippen LogP contribution >= 0.6 is 0 Å². The maximum absolute atomic E-state index is 13.2. The van der Waals surface area contributed by atoms with Crippen molar-refractivity contribution in [1.82, 2.24) is 5.32 Å². The maximum Gasteiger partial charge on any atom is 0.123 e. The van der Waals surface area contributed by atoms with E-state index in [4.69, 9.17) is 6.42 Å². The lowest BCUT2D eigenvalue weighted by Crippen LogP contribution is -2.17. The van der Waals surface area contributed by atoms with Gasteiger partial charge < -0.3 is 5.32 Å².